The molecule has 7 nitrogen and oxygen atoms in total. The average molecular weight is 463 g/mol. The smallest absolute Gasteiger partial charge is 0.231 e. The summed E-state index contributed by atoms with van der Waals surface area (Å²) in [5.41, 5.74) is 4.04. The number of pyridine rings is 1. The molecule has 0 unspecified atom stereocenters. The topological polar surface area (TPSA) is 70.1 Å². The van der Waals surface area contributed by atoms with Crippen LogP contribution in [0.4, 0.5) is 0 Å². The highest BCUT2D eigenvalue weighted by atomic mass is 35.5. The number of Topliss-reactive ketones (excluding diaryl/α,β-unsaturated/α-hetero) is 1. The maximum Gasteiger partial charge on any atom is 0.231 e. The summed E-state index contributed by atoms with van der Waals surface area (Å²) >= 11 is 6.28. The molecule has 2 aromatic carbocycles. The Kier molecular flexibility index (Phi) is 5.02. The molecule has 166 valence electrons. The van der Waals surface area contributed by atoms with Crippen LogP contribution in [0.25, 0.3) is 6.08 Å². The van der Waals surface area contributed by atoms with Gasteiger partial charge in [0.2, 0.25) is 5.78 Å². The van der Waals surface area contributed by atoms with E-state index < -0.39 is 0 Å². The van der Waals surface area contributed by atoms with Crippen LogP contribution in [0.15, 0.2) is 54.6 Å². The monoisotopic (exact) mass is 462 g/mol. The number of carbonyl (C=O) groups is 1. The van der Waals surface area contributed by atoms with Gasteiger partial charge >= 0.3 is 0 Å². The number of aromatic nitrogens is 1. The molecule has 0 fully saturated rings. The highest BCUT2D eigenvalue weighted by Crippen LogP contribution is 2.43. The van der Waals surface area contributed by atoms with E-state index in [0.29, 0.717) is 54.1 Å². The molecule has 0 N–H and O–H groups in total. The maximum absolute atomic E-state index is 13.2. The predicted molar refractivity (Wildman–Crippen MR) is 120 cm³/mol. The van der Waals surface area contributed by atoms with Gasteiger partial charge in [-0.25, -0.2) is 0 Å². The number of allylic oxidation sites excluding steroid dienone is 1. The summed E-state index contributed by atoms with van der Waals surface area (Å²) in [4.78, 5) is 19.4. The van der Waals surface area contributed by atoms with E-state index in [2.05, 4.69) is 9.88 Å². The fraction of sp³-hybridized carbons (Fsp3) is 0.200. The average Bonchev–Trinajstić information content (AvgIpc) is 3.15. The van der Waals surface area contributed by atoms with Gasteiger partial charge < -0.3 is 18.9 Å². The zero-order valence-electron chi connectivity index (χ0n) is 17.5. The van der Waals surface area contributed by atoms with Gasteiger partial charge in [0.1, 0.15) is 24.0 Å². The number of benzene rings is 2. The van der Waals surface area contributed by atoms with E-state index in [9.17, 15) is 4.79 Å². The van der Waals surface area contributed by atoms with E-state index >= 15 is 0 Å². The number of carbonyl (C=O) groups excluding carboxylic acids is 1. The molecule has 0 radical (unpaired) electrons. The fourth-order valence-electron chi connectivity index (χ4n) is 4.31. The number of halogens is 1. The second kappa shape index (κ2) is 8.19. The number of fused-ring (bicyclic) bond motifs is 4. The minimum Gasteiger partial charge on any atom is -0.478 e. The lowest BCUT2D eigenvalue weighted by molar-refractivity contribution is -0.0165. The molecular formula is C25H19ClN2O5. The van der Waals surface area contributed by atoms with E-state index in [0.717, 1.165) is 22.4 Å². The summed E-state index contributed by atoms with van der Waals surface area (Å²) in [6.07, 6.45) is 5.23. The molecule has 1 aromatic heterocycles. The number of hydrogen-bond acceptors (Lipinski definition) is 7. The van der Waals surface area contributed by atoms with Crippen molar-refractivity contribution in [2.24, 2.45) is 0 Å². The summed E-state index contributed by atoms with van der Waals surface area (Å²) < 4.78 is 23.1. The molecule has 0 saturated heterocycles. The van der Waals surface area contributed by atoms with Gasteiger partial charge in [0, 0.05) is 41.6 Å². The van der Waals surface area contributed by atoms with Crippen LogP contribution in [0.1, 0.15) is 32.6 Å². The van der Waals surface area contributed by atoms with Crippen LogP contribution in [-0.4, -0.2) is 29.2 Å². The van der Waals surface area contributed by atoms with Crippen molar-refractivity contribution in [1.29, 1.82) is 0 Å². The first-order chi connectivity index (χ1) is 16.2. The van der Waals surface area contributed by atoms with E-state index in [1.54, 1.807) is 36.7 Å². The Morgan fingerprint density at radius 1 is 1.09 bits per heavy atom. The van der Waals surface area contributed by atoms with Crippen molar-refractivity contribution in [2.45, 2.75) is 19.7 Å². The Morgan fingerprint density at radius 3 is 2.85 bits per heavy atom. The van der Waals surface area contributed by atoms with Crippen LogP contribution in [0, 0.1) is 0 Å². The zero-order valence-corrected chi connectivity index (χ0v) is 18.3. The van der Waals surface area contributed by atoms with Gasteiger partial charge in [-0.3, -0.25) is 14.7 Å². The highest BCUT2D eigenvalue weighted by molar-refractivity contribution is 6.31. The first-order valence-corrected chi connectivity index (χ1v) is 10.9. The van der Waals surface area contributed by atoms with Crippen LogP contribution < -0.4 is 14.2 Å². The van der Waals surface area contributed by atoms with Crippen LogP contribution in [0.3, 0.4) is 0 Å². The lowest BCUT2D eigenvalue weighted by atomic mass is 10.0. The Morgan fingerprint density at radius 2 is 1.97 bits per heavy atom. The third-order valence-electron chi connectivity index (χ3n) is 5.83. The summed E-state index contributed by atoms with van der Waals surface area (Å²) in [6.45, 7) is 2.32. The summed E-state index contributed by atoms with van der Waals surface area (Å²) in [5.74, 6) is 1.97. The van der Waals surface area contributed by atoms with E-state index in [-0.39, 0.29) is 18.3 Å². The third-order valence-corrected chi connectivity index (χ3v) is 6.05. The Balaban J connectivity index is 1.32. The summed E-state index contributed by atoms with van der Waals surface area (Å²) in [5, 5.41) is 0.537. The maximum atomic E-state index is 13.2. The largest absolute Gasteiger partial charge is 0.478 e. The second-order valence-corrected chi connectivity index (χ2v) is 8.51. The Labute approximate surface area is 195 Å². The van der Waals surface area contributed by atoms with Crippen LogP contribution >= 0.6 is 11.6 Å². The van der Waals surface area contributed by atoms with Gasteiger partial charge in [0.25, 0.3) is 0 Å². The SMILES string of the molecule is O=C1/C(=C/c2cc(Cl)cc3c2OCOC3)Oc2c1ccc1c2CN(Cc2ccncc2)CO1. The quantitative estimate of drug-likeness (QED) is 0.528. The molecule has 0 spiro atoms. The molecule has 0 bridgehead atoms. The molecule has 6 rings (SSSR count). The van der Waals surface area contributed by atoms with Gasteiger partial charge in [-0.1, -0.05) is 11.6 Å². The van der Waals surface area contributed by atoms with Crippen molar-refractivity contribution >= 4 is 23.5 Å². The summed E-state index contributed by atoms with van der Waals surface area (Å²) in [7, 11) is 0. The zero-order chi connectivity index (χ0) is 22.4. The van der Waals surface area contributed by atoms with Crippen LogP contribution in [0.5, 0.6) is 17.2 Å². The second-order valence-electron chi connectivity index (χ2n) is 8.07. The fourth-order valence-corrected chi connectivity index (χ4v) is 4.56. The molecule has 0 aliphatic carbocycles. The van der Waals surface area contributed by atoms with Crippen molar-refractivity contribution in [2.75, 3.05) is 13.5 Å². The molecule has 3 aromatic rings. The Hall–Kier alpha value is -3.39. The standard InChI is InChI=1S/C25H19ClN2O5/c26-18-7-16(24-17(8-18)12-30-14-32-24)9-22-23(29)19-1-2-21-20(25(19)33-22)11-28(13-31-21)10-15-3-5-27-6-4-15/h1-9H,10-14H2/b22-9-. The predicted octanol–water partition coefficient (Wildman–Crippen LogP) is 4.57. The van der Waals surface area contributed by atoms with Crippen molar-refractivity contribution in [3.63, 3.8) is 0 Å². The number of ketones is 1. The van der Waals surface area contributed by atoms with Crippen molar-refractivity contribution in [3.8, 4) is 17.2 Å². The molecule has 0 saturated carbocycles. The highest BCUT2D eigenvalue weighted by Gasteiger charge is 2.34. The van der Waals surface area contributed by atoms with Gasteiger partial charge in [-0.05, 0) is 48.0 Å². The van der Waals surface area contributed by atoms with Crippen molar-refractivity contribution in [1.82, 2.24) is 9.88 Å². The van der Waals surface area contributed by atoms with E-state index in [1.165, 1.54) is 0 Å². The molecule has 3 aliphatic rings. The van der Waals surface area contributed by atoms with Gasteiger partial charge in [-0.15, -0.1) is 0 Å². The molecule has 4 heterocycles. The minimum absolute atomic E-state index is 0.151. The van der Waals surface area contributed by atoms with E-state index in [1.807, 2.05) is 18.2 Å². The first kappa shape index (κ1) is 20.2. The number of nitrogens with zero attached hydrogens (tertiary/aromatic N) is 2. The third kappa shape index (κ3) is 3.74. The van der Waals surface area contributed by atoms with Gasteiger partial charge in [0.15, 0.2) is 12.6 Å². The van der Waals surface area contributed by atoms with Crippen LogP contribution in [-0.2, 0) is 24.4 Å². The lowest BCUT2D eigenvalue weighted by Crippen LogP contribution is -2.31. The van der Waals surface area contributed by atoms with Crippen molar-refractivity contribution in [3.05, 3.63) is 87.4 Å². The molecule has 33 heavy (non-hydrogen) atoms. The number of ether oxygens (including phenoxy) is 4. The first-order valence-electron chi connectivity index (χ1n) is 10.5. The molecule has 3 aliphatic heterocycles. The summed E-state index contributed by atoms with van der Waals surface area (Å²) in [6, 6.07) is 11.1. The van der Waals surface area contributed by atoms with E-state index in [4.69, 9.17) is 30.5 Å². The lowest BCUT2D eigenvalue weighted by Gasteiger charge is -2.29. The molecule has 8 heteroatoms. The minimum atomic E-state index is -0.181. The molecule has 0 atom stereocenters. The van der Waals surface area contributed by atoms with Crippen LogP contribution in [0.2, 0.25) is 5.02 Å². The van der Waals surface area contributed by atoms with Crippen molar-refractivity contribution < 1.29 is 23.7 Å². The molecule has 0 amide bonds. The number of hydrogen-bond donors (Lipinski definition) is 0. The number of rotatable bonds is 3. The Bertz CT molecular complexity index is 1290. The van der Waals surface area contributed by atoms with Gasteiger partial charge in [-0.2, -0.15) is 0 Å². The van der Waals surface area contributed by atoms with Gasteiger partial charge in [0.05, 0.1) is 17.7 Å². The normalized spacial score (nSPS) is 18.1. The molecular weight excluding hydrogens is 444 g/mol.